The van der Waals surface area contributed by atoms with E-state index in [1.807, 2.05) is 24.3 Å². The minimum absolute atomic E-state index is 0.0738. The van der Waals surface area contributed by atoms with Crippen LogP contribution >= 0.6 is 0 Å². The Balaban J connectivity index is 1.40. The van der Waals surface area contributed by atoms with Crippen LogP contribution in [0.2, 0.25) is 0 Å². The summed E-state index contributed by atoms with van der Waals surface area (Å²) in [5.74, 6) is 1.40. The van der Waals surface area contributed by atoms with E-state index >= 15 is 0 Å². The van der Waals surface area contributed by atoms with Crippen LogP contribution in [0.5, 0.6) is 11.5 Å². The normalized spacial score (nSPS) is 16.2. The molecule has 2 heterocycles. The van der Waals surface area contributed by atoms with Crippen molar-refractivity contribution in [2.45, 2.75) is 59.2 Å². The summed E-state index contributed by atoms with van der Waals surface area (Å²) in [7, 11) is 0. The van der Waals surface area contributed by atoms with Crippen molar-refractivity contribution in [1.82, 2.24) is 0 Å². The molecule has 0 N–H and O–H groups in total. The number of hydrogen-bond acceptors (Lipinski definition) is 5. The zero-order valence-electron chi connectivity index (χ0n) is 20.8. The zero-order chi connectivity index (χ0) is 24.6. The monoisotopic (exact) mass is 474 g/mol. The summed E-state index contributed by atoms with van der Waals surface area (Å²) in [5, 5.41) is 0.522. The summed E-state index contributed by atoms with van der Waals surface area (Å²) in [4.78, 5) is 13.1. The average molecular weight is 475 g/mol. The van der Waals surface area contributed by atoms with Crippen LogP contribution in [0, 0.1) is 0 Å². The van der Waals surface area contributed by atoms with Gasteiger partial charge in [0.2, 0.25) is 0 Å². The fraction of sp³-hybridized carbons (Fsp3) is 0.367. The Bertz CT molecular complexity index is 1240. The van der Waals surface area contributed by atoms with Gasteiger partial charge in [-0.1, -0.05) is 29.4 Å². The van der Waals surface area contributed by atoms with Crippen molar-refractivity contribution in [2.24, 2.45) is 0 Å². The highest BCUT2D eigenvalue weighted by Crippen LogP contribution is 2.26. The van der Waals surface area contributed by atoms with Gasteiger partial charge in [0.25, 0.3) is 0 Å². The van der Waals surface area contributed by atoms with Crippen LogP contribution in [0.1, 0.15) is 52.9 Å². The van der Waals surface area contributed by atoms with Gasteiger partial charge in [0.05, 0.1) is 17.6 Å². The van der Waals surface area contributed by atoms with Gasteiger partial charge in [0.15, 0.2) is 11.7 Å². The molecule has 0 spiro atoms. The Morgan fingerprint density at radius 3 is 2.57 bits per heavy atom. The molecule has 1 fully saturated rings. The van der Waals surface area contributed by atoms with Crippen LogP contribution in [0.3, 0.4) is 0 Å². The van der Waals surface area contributed by atoms with Crippen LogP contribution < -0.4 is 14.9 Å². The topological polar surface area (TPSA) is 57.9 Å². The summed E-state index contributed by atoms with van der Waals surface area (Å²) in [5.41, 5.74) is 4.39. The van der Waals surface area contributed by atoms with Crippen LogP contribution in [-0.2, 0) is 4.74 Å². The molecule has 35 heavy (non-hydrogen) atoms. The van der Waals surface area contributed by atoms with Crippen molar-refractivity contribution in [3.63, 3.8) is 0 Å². The molecule has 0 bridgehead atoms. The van der Waals surface area contributed by atoms with Crippen LogP contribution in [0.25, 0.3) is 22.1 Å². The summed E-state index contributed by atoms with van der Waals surface area (Å²) < 4.78 is 23.2. The Morgan fingerprint density at radius 1 is 1.03 bits per heavy atom. The van der Waals surface area contributed by atoms with E-state index in [1.165, 1.54) is 17.4 Å². The van der Waals surface area contributed by atoms with E-state index in [0.717, 1.165) is 43.4 Å². The van der Waals surface area contributed by atoms with Crippen molar-refractivity contribution in [1.29, 1.82) is 0 Å². The molecule has 0 amide bonds. The maximum absolute atomic E-state index is 13.1. The molecule has 3 aromatic rings. The largest absolute Gasteiger partial charge is 0.490 e. The number of rotatable bonds is 9. The SMILES string of the molecule is CC(C)=CCC/C(C)=C/COc1ccc(-c2coc3cc(OC4CCCCO4)ccc3c2=O)cc1. The van der Waals surface area contributed by atoms with Crippen molar-refractivity contribution in [2.75, 3.05) is 13.2 Å². The first-order valence-electron chi connectivity index (χ1n) is 12.4. The number of allylic oxidation sites excluding steroid dienone is 3. The molecule has 1 aliphatic rings. The molecule has 1 aromatic heterocycles. The van der Waals surface area contributed by atoms with Crippen molar-refractivity contribution in [3.8, 4) is 22.6 Å². The number of ether oxygens (including phenoxy) is 3. The van der Waals surface area contributed by atoms with Crippen LogP contribution in [0.4, 0.5) is 0 Å². The Hall–Kier alpha value is -3.31. The van der Waals surface area contributed by atoms with Crippen molar-refractivity contribution in [3.05, 3.63) is 82.2 Å². The molecule has 184 valence electrons. The molecule has 1 unspecified atom stereocenters. The number of hydrogen-bond donors (Lipinski definition) is 0. The summed E-state index contributed by atoms with van der Waals surface area (Å²) in [6.45, 7) is 7.60. The highest BCUT2D eigenvalue weighted by molar-refractivity contribution is 5.82. The predicted octanol–water partition coefficient (Wildman–Crippen LogP) is 7.44. The van der Waals surface area contributed by atoms with E-state index in [1.54, 1.807) is 18.2 Å². The Morgan fingerprint density at radius 2 is 1.83 bits per heavy atom. The van der Waals surface area contributed by atoms with Crippen molar-refractivity contribution < 1.29 is 18.6 Å². The van der Waals surface area contributed by atoms with Crippen molar-refractivity contribution >= 4 is 11.0 Å². The molecule has 0 saturated carbocycles. The smallest absolute Gasteiger partial charge is 0.200 e. The van der Waals surface area contributed by atoms with Gasteiger partial charge < -0.3 is 18.6 Å². The van der Waals surface area contributed by atoms with E-state index in [0.29, 0.717) is 35.5 Å². The molecular formula is C30H34O5. The Labute approximate surface area is 207 Å². The Kier molecular flexibility index (Phi) is 8.43. The second-order valence-corrected chi connectivity index (χ2v) is 9.26. The summed E-state index contributed by atoms with van der Waals surface area (Å²) in [6.07, 6.45) is 10.7. The maximum atomic E-state index is 13.1. The second-order valence-electron chi connectivity index (χ2n) is 9.26. The standard InChI is InChI=1S/C30H34O5/c1-21(2)7-6-8-22(3)16-18-32-24-12-10-23(11-13-24)27-20-34-28-19-25(14-15-26(28)30(27)31)35-29-9-4-5-17-33-29/h7,10-16,19-20,29H,4-6,8-9,17-18H2,1-3H3/b22-16+. The van der Waals surface area contributed by atoms with E-state index < -0.39 is 0 Å². The predicted molar refractivity (Wildman–Crippen MR) is 140 cm³/mol. The highest BCUT2D eigenvalue weighted by Gasteiger charge is 2.16. The third kappa shape index (κ3) is 6.86. The lowest BCUT2D eigenvalue weighted by molar-refractivity contribution is -0.105. The van der Waals surface area contributed by atoms with Gasteiger partial charge in [-0.15, -0.1) is 0 Å². The van der Waals surface area contributed by atoms with Crippen LogP contribution in [-0.4, -0.2) is 19.5 Å². The van der Waals surface area contributed by atoms with Gasteiger partial charge in [0, 0.05) is 12.5 Å². The molecule has 0 aliphatic carbocycles. The van der Waals surface area contributed by atoms with Gasteiger partial charge in [-0.05, 0) is 82.4 Å². The van der Waals surface area contributed by atoms with Gasteiger partial charge in [-0.2, -0.15) is 0 Å². The highest BCUT2D eigenvalue weighted by atomic mass is 16.7. The number of fused-ring (bicyclic) bond motifs is 1. The fourth-order valence-corrected chi connectivity index (χ4v) is 4.04. The van der Waals surface area contributed by atoms with E-state index in [2.05, 4.69) is 32.9 Å². The minimum Gasteiger partial charge on any atom is -0.490 e. The maximum Gasteiger partial charge on any atom is 0.200 e. The van der Waals surface area contributed by atoms with Crippen LogP contribution in [0.15, 0.2) is 81.2 Å². The molecule has 4 rings (SSSR count). The molecule has 5 nitrogen and oxygen atoms in total. The lowest BCUT2D eigenvalue weighted by atomic mass is 10.1. The molecular weight excluding hydrogens is 440 g/mol. The zero-order valence-corrected chi connectivity index (χ0v) is 20.8. The molecule has 1 aliphatic heterocycles. The fourth-order valence-electron chi connectivity index (χ4n) is 4.04. The average Bonchev–Trinajstić information content (AvgIpc) is 2.85. The molecule has 2 aromatic carbocycles. The van der Waals surface area contributed by atoms with E-state index in [-0.39, 0.29) is 11.7 Å². The van der Waals surface area contributed by atoms with Gasteiger partial charge in [0.1, 0.15) is 30.0 Å². The molecule has 1 atom stereocenters. The lowest BCUT2D eigenvalue weighted by Gasteiger charge is -2.23. The first-order valence-corrected chi connectivity index (χ1v) is 12.4. The number of benzene rings is 2. The molecule has 0 radical (unpaired) electrons. The van der Waals surface area contributed by atoms with E-state index in [9.17, 15) is 4.79 Å². The second kappa shape index (κ2) is 11.9. The first-order chi connectivity index (χ1) is 17.0. The third-order valence-corrected chi connectivity index (χ3v) is 6.09. The first kappa shape index (κ1) is 24.8. The van der Waals surface area contributed by atoms with Gasteiger partial charge in [-0.25, -0.2) is 0 Å². The molecule has 5 heteroatoms. The quantitative estimate of drug-likeness (QED) is 0.302. The summed E-state index contributed by atoms with van der Waals surface area (Å²) in [6, 6.07) is 12.8. The summed E-state index contributed by atoms with van der Waals surface area (Å²) >= 11 is 0. The lowest BCUT2D eigenvalue weighted by Crippen LogP contribution is -2.24. The minimum atomic E-state index is -0.241. The van der Waals surface area contributed by atoms with E-state index in [4.69, 9.17) is 18.6 Å². The third-order valence-electron chi connectivity index (χ3n) is 6.09. The van der Waals surface area contributed by atoms with Gasteiger partial charge >= 0.3 is 0 Å². The van der Waals surface area contributed by atoms with Gasteiger partial charge in [-0.3, -0.25) is 4.79 Å². The molecule has 1 saturated heterocycles.